The molecule has 1 aromatic carbocycles. The second-order valence-electron chi connectivity index (χ2n) is 6.57. The van der Waals surface area contributed by atoms with Crippen LogP contribution in [0, 0.1) is 5.92 Å². The van der Waals surface area contributed by atoms with E-state index in [1.807, 2.05) is 23.1 Å². The predicted molar refractivity (Wildman–Crippen MR) is 84.6 cm³/mol. The number of carbonyl (C=O) groups is 2. The highest BCUT2D eigenvalue weighted by Crippen LogP contribution is 2.31. The van der Waals surface area contributed by atoms with Crippen LogP contribution < -0.4 is 15.5 Å². The van der Waals surface area contributed by atoms with Crippen molar-refractivity contribution in [2.45, 2.75) is 32.2 Å². The van der Waals surface area contributed by atoms with Gasteiger partial charge in [-0.1, -0.05) is 18.2 Å². The summed E-state index contributed by atoms with van der Waals surface area (Å²) in [4.78, 5) is 27.2. The van der Waals surface area contributed by atoms with Crippen LogP contribution in [0.2, 0.25) is 0 Å². The Kier molecular flexibility index (Phi) is 4.16. The van der Waals surface area contributed by atoms with Crippen molar-refractivity contribution in [3.05, 3.63) is 29.8 Å². The Morgan fingerprint density at radius 3 is 2.91 bits per heavy atom. The van der Waals surface area contributed by atoms with Crippen molar-refractivity contribution >= 4 is 17.5 Å². The summed E-state index contributed by atoms with van der Waals surface area (Å²) in [6, 6.07) is 8.33. The van der Waals surface area contributed by atoms with E-state index in [-0.39, 0.29) is 23.8 Å². The first-order chi connectivity index (χ1) is 10.6. The lowest BCUT2D eigenvalue weighted by Crippen LogP contribution is -3.15. The standard InChI is InChI=1S/C17H23N3O2/c1-12-9-13-5-2-3-7-15(13)20(12)16(21)11-19-8-4-6-14(10-19)17(18)22/h2-3,5,7,12,14H,4,6,8-11H2,1H3,(H2,18,22)/p+1/t12-,14-/m0/s1. The fourth-order valence-corrected chi connectivity index (χ4v) is 3.80. The quantitative estimate of drug-likeness (QED) is 0.808. The summed E-state index contributed by atoms with van der Waals surface area (Å²) in [5.41, 5.74) is 7.71. The first kappa shape index (κ1) is 15.0. The van der Waals surface area contributed by atoms with E-state index in [4.69, 9.17) is 5.73 Å². The highest BCUT2D eigenvalue weighted by Gasteiger charge is 2.34. The average molecular weight is 302 g/mol. The lowest BCUT2D eigenvalue weighted by atomic mass is 9.97. The molecule has 1 aromatic rings. The molecule has 1 fully saturated rings. The molecule has 0 radical (unpaired) electrons. The van der Waals surface area contributed by atoms with E-state index in [1.54, 1.807) is 0 Å². The van der Waals surface area contributed by atoms with Crippen LogP contribution in [0.1, 0.15) is 25.3 Å². The normalized spacial score (nSPS) is 27.5. The zero-order valence-corrected chi connectivity index (χ0v) is 13.0. The molecule has 22 heavy (non-hydrogen) atoms. The van der Waals surface area contributed by atoms with Crippen molar-refractivity contribution in [1.29, 1.82) is 0 Å². The van der Waals surface area contributed by atoms with Crippen molar-refractivity contribution in [3.8, 4) is 0 Å². The molecule has 2 aliphatic heterocycles. The Bertz CT molecular complexity index is 587. The number of piperidine rings is 1. The van der Waals surface area contributed by atoms with Crippen LogP contribution in [-0.4, -0.2) is 37.5 Å². The number of primary amides is 1. The van der Waals surface area contributed by atoms with Crippen LogP contribution in [0.15, 0.2) is 24.3 Å². The number of benzene rings is 1. The van der Waals surface area contributed by atoms with Gasteiger partial charge in [0.05, 0.1) is 19.0 Å². The molecule has 0 spiro atoms. The fourth-order valence-electron chi connectivity index (χ4n) is 3.80. The number of hydrogen-bond donors (Lipinski definition) is 2. The van der Waals surface area contributed by atoms with E-state index in [2.05, 4.69) is 13.0 Å². The molecule has 3 N–H and O–H groups in total. The number of nitrogens with one attached hydrogen (secondary N) is 1. The Balaban J connectivity index is 1.68. The van der Waals surface area contributed by atoms with Gasteiger partial charge >= 0.3 is 0 Å². The number of amides is 2. The summed E-state index contributed by atoms with van der Waals surface area (Å²) in [6.45, 7) is 4.17. The number of fused-ring (bicyclic) bond motifs is 1. The van der Waals surface area contributed by atoms with Gasteiger partial charge in [0.2, 0.25) is 5.91 Å². The van der Waals surface area contributed by atoms with Crippen molar-refractivity contribution < 1.29 is 14.5 Å². The van der Waals surface area contributed by atoms with E-state index in [0.717, 1.165) is 31.5 Å². The zero-order chi connectivity index (χ0) is 15.7. The molecule has 3 atom stereocenters. The molecule has 5 nitrogen and oxygen atoms in total. The summed E-state index contributed by atoms with van der Waals surface area (Å²) >= 11 is 0. The minimum Gasteiger partial charge on any atom is -0.369 e. The van der Waals surface area contributed by atoms with Crippen LogP contribution in [-0.2, 0) is 16.0 Å². The van der Waals surface area contributed by atoms with Crippen LogP contribution in [0.4, 0.5) is 5.69 Å². The van der Waals surface area contributed by atoms with Gasteiger partial charge in [0, 0.05) is 11.7 Å². The molecule has 2 amide bonds. The first-order valence-corrected chi connectivity index (χ1v) is 8.09. The Morgan fingerprint density at radius 2 is 2.14 bits per heavy atom. The van der Waals surface area contributed by atoms with Gasteiger partial charge in [-0.15, -0.1) is 0 Å². The zero-order valence-electron chi connectivity index (χ0n) is 13.0. The van der Waals surface area contributed by atoms with Gasteiger partial charge in [0.15, 0.2) is 6.54 Å². The Hall–Kier alpha value is -1.88. The third-order valence-corrected chi connectivity index (χ3v) is 4.90. The molecule has 0 aromatic heterocycles. The fraction of sp³-hybridized carbons (Fsp3) is 0.529. The van der Waals surface area contributed by atoms with Crippen molar-refractivity contribution in [1.82, 2.24) is 0 Å². The van der Waals surface area contributed by atoms with E-state index in [0.29, 0.717) is 13.1 Å². The number of anilines is 1. The molecule has 0 saturated carbocycles. The Labute approximate surface area is 131 Å². The highest BCUT2D eigenvalue weighted by molar-refractivity contribution is 5.96. The SMILES string of the molecule is C[C@H]1Cc2ccccc2N1C(=O)C[NH+]1CCC[C@H](C(N)=O)C1. The van der Waals surface area contributed by atoms with Gasteiger partial charge in [0.25, 0.3) is 5.91 Å². The average Bonchev–Trinajstić information content (AvgIpc) is 2.83. The molecule has 118 valence electrons. The summed E-state index contributed by atoms with van der Waals surface area (Å²) in [7, 11) is 0. The van der Waals surface area contributed by atoms with Gasteiger partial charge in [0.1, 0.15) is 0 Å². The lowest BCUT2D eigenvalue weighted by molar-refractivity contribution is -0.899. The number of likely N-dealkylation sites (tertiary alicyclic amines) is 1. The summed E-state index contributed by atoms with van der Waals surface area (Å²) < 4.78 is 0. The van der Waals surface area contributed by atoms with Crippen molar-refractivity contribution in [2.75, 3.05) is 24.5 Å². The number of nitrogens with zero attached hydrogens (tertiary/aromatic N) is 1. The molecule has 3 rings (SSSR count). The van der Waals surface area contributed by atoms with Crippen LogP contribution in [0.25, 0.3) is 0 Å². The molecule has 5 heteroatoms. The van der Waals surface area contributed by atoms with Crippen LogP contribution in [0.3, 0.4) is 0 Å². The molecule has 1 saturated heterocycles. The van der Waals surface area contributed by atoms with Crippen molar-refractivity contribution in [2.24, 2.45) is 11.7 Å². The van der Waals surface area contributed by atoms with Gasteiger partial charge in [-0.05, 0) is 37.8 Å². The summed E-state index contributed by atoms with van der Waals surface area (Å²) in [5, 5.41) is 0. The smallest absolute Gasteiger partial charge is 0.282 e. The molecule has 2 heterocycles. The maximum absolute atomic E-state index is 12.8. The van der Waals surface area contributed by atoms with E-state index in [1.165, 1.54) is 10.5 Å². The number of para-hydroxylation sites is 1. The van der Waals surface area contributed by atoms with Gasteiger partial charge in [-0.25, -0.2) is 0 Å². The molecule has 1 unspecified atom stereocenters. The van der Waals surface area contributed by atoms with Gasteiger partial charge in [-0.2, -0.15) is 0 Å². The maximum atomic E-state index is 12.8. The second kappa shape index (κ2) is 6.08. The maximum Gasteiger partial charge on any atom is 0.282 e. The van der Waals surface area contributed by atoms with E-state index in [9.17, 15) is 9.59 Å². The van der Waals surface area contributed by atoms with E-state index >= 15 is 0 Å². The molecule has 0 aliphatic carbocycles. The molecular formula is C17H24N3O2+. The largest absolute Gasteiger partial charge is 0.369 e. The molecular weight excluding hydrogens is 278 g/mol. The third-order valence-electron chi connectivity index (χ3n) is 4.90. The number of carbonyl (C=O) groups excluding carboxylic acids is 2. The number of quaternary nitrogens is 1. The minimum atomic E-state index is -0.232. The van der Waals surface area contributed by atoms with Crippen LogP contribution >= 0.6 is 0 Å². The summed E-state index contributed by atoms with van der Waals surface area (Å²) in [5.74, 6) is -0.165. The number of nitrogens with two attached hydrogens (primary N) is 1. The summed E-state index contributed by atoms with van der Waals surface area (Å²) in [6.07, 6.45) is 2.74. The first-order valence-electron chi connectivity index (χ1n) is 8.09. The van der Waals surface area contributed by atoms with Crippen molar-refractivity contribution in [3.63, 3.8) is 0 Å². The molecule has 0 bridgehead atoms. The lowest BCUT2D eigenvalue weighted by Gasteiger charge is -2.30. The topological polar surface area (TPSA) is 67.8 Å². The number of rotatable bonds is 3. The predicted octanol–water partition coefficient (Wildman–Crippen LogP) is -0.256. The minimum absolute atomic E-state index is 0.0835. The monoisotopic (exact) mass is 302 g/mol. The number of hydrogen-bond acceptors (Lipinski definition) is 2. The third kappa shape index (κ3) is 2.86. The van der Waals surface area contributed by atoms with Gasteiger partial charge in [-0.3, -0.25) is 9.59 Å². The van der Waals surface area contributed by atoms with E-state index < -0.39 is 0 Å². The van der Waals surface area contributed by atoms with Crippen LogP contribution in [0.5, 0.6) is 0 Å². The second-order valence-corrected chi connectivity index (χ2v) is 6.57. The Morgan fingerprint density at radius 1 is 1.36 bits per heavy atom. The highest BCUT2D eigenvalue weighted by atomic mass is 16.2. The van der Waals surface area contributed by atoms with Gasteiger partial charge < -0.3 is 15.5 Å². The molecule has 2 aliphatic rings.